The van der Waals surface area contributed by atoms with Gasteiger partial charge in [-0.25, -0.2) is 4.79 Å². The Morgan fingerprint density at radius 2 is 1.96 bits per heavy atom. The molecule has 0 aliphatic carbocycles. The number of carbonyl (C=O) groups excluding carboxylic acids is 1. The van der Waals surface area contributed by atoms with Crippen molar-refractivity contribution in [2.75, 3.05) is 24.7 Å². The lowest BCUT2D eigenvalue weighted by Crippen LogP contribution is -2.44. The van der Waals surface area contributed by atoms with Crippen molar-refractivity contribution in [1.82, 2.24) is 4.90 Å². The Kier molecular flexibility index (Phi) is 5.23. The van der Waals surface area contributed by atoms with Crippen LogP contribution >= 0.6 is 11.8 Å². The van der Waals surface area contributed by atoms with E-state index in [1.54, 1.807) is 12.1 Å². The first kappa shape index (κ1) is 16.3. The molecule has 1 aromatic carbocycles. The second-order valence-electron chi connectivity index (χ2n) is 5.99. The van der Waals surface area contributed by atoms with Gasteiger partial charge in [-0.2, -0.15) is 11.8 Å². The van der Waals surface area contributed by atoms with Gasteiger partial charge < -0.3 is 14.7 Å². The molecule has 1 N–H and O–H groups in total. The Morgan fingerprint density at radius 3 is 2.52 bits per heavy atom. The fraction of sp³-hybridized carbons (Fsp3) is 0.529. The van der Waals surface area contributed by atoms with Crippen molar-refractivity contribution < 1.29 is 19.4 Å². The first-order chi connectivity index (χ1) is 11.1. The normalized spacial score (nSPS) is 23.8. The number of rotatable bonds is 5. The number of hydrogen-bond donors (Lipinski definition) is 1. The summed E-state index contributed by atoms with van der Waals surface area (Å²) in [5.41, 5.74) is 0.744. The van der Waals surface area contributed by atoms with Crippen molar-refractivity contribution in [2.24, 2.45) is 0 Å². The molecule has 6 heteroatoms. The summed E-state index contributed by atoms with van der Waals surface area (Å²) >= 11 is 1.87. The molecule has 2 atom stereocenters. The van der Waals surface area contributed by atoms with Crippen molar-refractivity contribution in [2.45, 2.75) is 31.4 Å². The molecule has 2 aliphatic heterocycles. The standard InChI is InChI=1S/C17H21NO4S/c19-16(12-3-5-13(6-4-12)17(20)21)18(14-7-9-23-11-14)10-15-2-1-8-22-15/h3-6,14-15H,1-2,7-11H2,(H,20,21)/t14-,15+/m0/s1. The number of carboxylic acid groups (broad SMARTS) is 1. The maximum atomic E-state index is 12.9. The largest absolute Gasteiger partial charge is 0.478 e. The van der Waals surface area contributed by atoms with Gasteiger partial charge in [-0.05, 0) is 49.3 Å². The first-order valence-corrected chi connectivity index (χ1v) is 9.14. The minimum atomic E-state index is -0.979. The van der Waals surface area contributed by atoms with Gasteiger partial charge in [-0.1, -0.05) is 0 Å². The Hall–Kier alpha value is -1.53. The number of thioether (sulfide) groups is 1. The van der Waals surface area contributed by atoms with Crippen LogP contribution in [0.4, 0.5) is 0 Å². The molecule has 5 nitrogen and oxygen atoms in total. The molecule has 1 aromatic rings. The Bertz CT molecular complexity index is 562. The average Bonchev–Trinajstić information content (AvgIpc) is 3.25. The Labute approximate surface area is 140 Å². The fourth-order valence-electron chi connectivity index (χ4n) is 3.09. The summed E-state index contributed by atoms with van der Waals surface area (Å²) in [6.45, 7) is 1.41. The number of ether oxygens (including phenoxy) is 1. The molecule has 0 aromatic heterocycles. The first-order valence-electron chi connectivity index (χ1n) is 7.99. The number of amides is 1. The van der Waals surface area contributed by atoms with E-state index >= 15 is 0 Å². The van der Waals surface area contributed by atoms with E-state index in [9.17, 15) is 9.59 Å². The molecule has 0 saturated carbocycles. The van der Waals surface area contributed by atoms with Crippen LogP contribution in [0.5, 0.6) is 0 Å². The van der Waals surface area contributed by atoms with Gasteiger partial charge in [0.05, 0.1) is 11.7 Å². The van der Waals surface area contributed by atoms with Crippen molar-refractivity contribution in [3.63, 3.8) is 0 Å². The predicted molar refractivity (Wildman–Crippen MR) is 89.1 cm³/mol. The quantitative estimate of drug-likeness (QED) is 0.895. The van der Waals surface area contributed by atoms with Crippen LogP contribution in [0.1, 0.15) is 40.0 Å². The number of carbonyl (C=O) groups is 2. The van der Waals surface area contributed by atoms with Crippen molar-refractivity contribution >= 4 is 23.6 Å². The SMILES string of the molecule is O=C(O)c1ccc(C(=O)N(C[C@H]2CCCO2)[C@H]2CCSC2)cc1. The molecule has 2 fully saturated rings. The van der Waals surface area contributed by atoms with Crippen LogP contribution in [0.3, 0.4) is 0 Å². The van der Waals surface area contributed by atoms with Crippen LogP contribution in [-0.2, 0) is 4.74 Å². The zero-order valence-electron chi connectivity index (χ0n) is 12.9. The minimum absolute atomic E-state index is 0.0232. The Balaban J connectivity index is 1.76. The van der Waals surface area contributed by atoms with E-state index in [1.807, 2.05) is 16.7 Å². The van der Waals surface area contributed by atoms with Gasteiger partial charge in [0.15, 0.2) is 0 Å². The fourth-order valence-corrected chi connectivity index (χ4v) is 4.32. The molecular weight excluding hydrogens is 314 g/mol. The monoisotopic (exact) mass is 335 g/mol. The van der Waals surface area contributed by atoms with Gasteiger partial charge in [0.1, 0.15) is 0 Å². The predicted octanol–water partition coefficient (Wildman–Crippen LogP) is 2.51. The lowest BCUT2D eigenvalue weighted by molar-refractivity contribution is 0.0441. The second-order valence-corrected chi connectivity index (χ2v) is 7.14. The molecule has 2 heterocycles. The van der Waals surface area contributed by atoms with E-state index in [1.165, 1.54) is 12.1 Å². The summed E-state index contributed by atoms with van der Waals surface area (Å²) in [6.07, 6.45) is 3.19. The van der Waals surface area contributed by atoms with Crippen molar-refractivity contribution in [3.8, 4) is 0 Å². The maximum absolute atomic E-state index is 12.9. The van der Waals surface area contributed by atoms with Gasteiger partial charge in [0, 0.05) is 30.5 Å². The molecular formula is C17H21NO4S. The van der Waals surface area contributed by atoms with E-state index in [0.29, 0.717) is 12.1 Å². The lowest BCUT2D eigenvalue weighted by atomic mass is 10.1. The molecule has 2 saturated heterocycles. The molecule has 0 spiro atoms. The van der Waals surface area contributed by atoms with Gasteiger partial charge in [0.2, 0.25) is 0 Å². The van der Waals surface area contributed by atoms with Crippen LogP contribution in [-0.4, -0.2) is 58.7 Å². The molecule has 23 heavy (non-hydrogen) atoms. The molecule has 3 rings (SSSR count). The highest BCUT2D eigenvalue weighted by atomic mass is 32.2. The van der Waals surface area contributed by atoms with Crippen LogP contribution in [0.25, 0.3) is 0 Å². The summed E-state index contributed by atoms with van der Waals surface area (Å²) in [5.74, 6) is 1.04. The summed E-state index contributed by atoms with van der Waals surface area (Å²) < 4.78 is 5.70. The average molecular weight is 335 g/mol. The topological polar surface area (TPSA) is 66.8 Å². The summed E-state index contributed by atoms with van der Waals surface area (Å²) in [5, 5.41) is 8.97. The van der Waals surface area contributed by atoms with E-state index < -0.39 is 5.97 Å². The van der Waals surface area contributed by atoms with E-state index in [0.717, 1.165) is 37.4 Å². The van der Waals surface area contributed by atoms with Crippen molar-refractivity contribution in [3.05, 3.63) is 35.4 Å². The van der Waals surface area contributed by atoms with E-state index in [2.05, 4.69) is 0 Å². The molecule has 2 aliphatic rings. The maximum Gasteiger partial charge on any atom is 0.335 e. The van der Waals surface area contributed by atoms with Crippen LogP contribution in [0.15, 0.2) is 24.3 Å². The molecule has 124 valence electrons. The number of carboxylic acids is 1. The number of nitrogens with zero attached hydrogens (tertiary/aromatic N) is 1. The zero-order valence-corrected chi connectivity index (χ0v) is 13.8. The van der Waals surface area contributed by atoms with Crippen LogP contribution in [0, 0.1) is 0 Å². The smallest absolute Gasteiger partial charge is 0.335 e. The summed E-state index contributed by atoms with van der Waals surface area (Å²) in [4.78, 5) is 25.8. The third-order valence-electron chi connectivity index (χ3n) is 4.41. The third-order valence-corrected chi connectivity index (χ3v) is 5.56. The van der Waals surface area contributed by atoms with Gasteiger partial charge >= 0.3 is 5.97 Å². The van der Waals surface area contributed by atoms with Crippen molar-refractivity contribution in [1.29, 1.82) is 0 Å². The minimum Gasteiger partial charge on any atom is -0.478 e. The highest BCUT2D eigenvalue weighted by Gasteiger charge is 2.31. The zero-order chi connectivity index (χ0) is 16.2. The highest BCUT2D eigenvalue weighted by molar-refractivity contribution is 7.99. The van der Waals surface area contributed by atoms with Crippen LogP contribution < -0.4 is 0 Å². The molecule has 0 unspecified atom stereocenters. The van der Waals surface area contributed by atoms with Gasteiger partial charge in [0.25, 0.3) is 5.91 Å². The van der Waals surface area contributed by atoms with Gasteiger partial charge in [-0.15, -0.1) is 0 Å². The number of benzene rings is 1. The van der Waals surface area contributed by atoms with E-state index in [4.69, 9.17) is 9.84 Å². The number of hydrogen-bond acceptors (Lipinski definition) is 4. The third kappa shape index (κ3) is 3.87. The summed E-state index contributed by atoms with van der Waals surface area (Å²) in [7, 11) is 0. The summed E-state index contributed by atoms with van der Waals surface area (Å²) in [6, 6.07) is 6.44. The second kappa shape index (κ2) is 7.36. The van der Waals surface area contributed by atoms with Crippen LogP contribution in [0.2, 0.25) is 0 Å². The number of aromatic carboxylic acids is 1. The lowest BCUT2D eigenvalue weighted by Gasteiger charge is -2.31. The molecule has 1 amide bonds. The molecule has 0 radical (unpaired) electrons. The Morgan fingerprint density at radius 1 is 1.22 bits per heavy atom. The van der Waals surface area contributed by atoms with E-state index in [-0.39, 0.29) is 23.6 Å². The highest BCUT2D eigenvalue weighted by Crippen LogP contribution is 2.26. The molecule has 0 bridgehead atoms. The van der Waals surface area contributed by atoms with Gasteiger partial charge in [-0.3, -0.25) is 4.79 Å².